The molecule has 0 radical (unpaired) electrons. The van der Waals surface area contributed by atoms with Gasteiger partial charge in [-0.15, -0.1) is 0 Å². The van der Waals surface area contributed by atoms with Crippen molar-refractivity contribution >= 4 is 49.5 Å². The molecule has 18 nitrogen and oxygen atoms in total. The Morgan fingerprint density at radius 3 is 1.59 bits per heavy atom. The van der Waals surface area contributed by atoms with Gasteiger partial charge in [0.1, 0.15) is 20.2 Å². The molecule has 0 saturated heterocycles. The third-order valence-electron chi connectivity index (χ3n) is 6.30. The summed E-state index contributed by atoms with van der Waals surface area (Å²) in [5.41, 5.74) is 0.422. The van der Waals surface area contributed by atoms with Gasteiger partial charge in [0.15, 0.2) is 0 Å². The van der Waals surface area contributed by atoms with Crippen LogP contribution in [0.25, 0.3) is 12.2 Å². The molecule has 2 aromatic heterocycles. The van der Waals surface area contributed by atoms with Gasteiger partial charge in [-0.05, 0) is 47.5 Å². The number of ether oxygens (including phenoxy) is 3. The zero-order valence-electron chi connectivity index (χ0n) is 27.7. The van der Waals surface area contributed by atoms with Gasteiger partial charge < -0.3 is 23.3 Å². The first kappa shape index (κ1) is 41.5. The first-order valence-corrected chi connectivity index (χ1v) is 16.5. The SMILES string of the molecule is COc1nc(=Nc2ccc(/C=C/c3ccc(N=c4[nH]c(OC)nc(=Nc5ccccc5)[nH]4)cc3S(=O)(=O)[O-])c(S(=O)(=O)[O-])c2)nc(OC)[nH]1.[Na+].[Na+]. The fraction of sp³-hybridized carbons (Fsp3) is 0.103. The number of nitrogens with zero attached hydrogens (tertiary/aromatic N) is 6. The molecule has 0 amide bonds. The van der Waals surface area contributed by atoms with Gasteiger partial charge in [0.25, 0.3) is 11.6 Å². The van der Waals surface area contributed by atoms with Crippen molar-refractivity contribution in [2.75, 3.05) is 21.3 Å². The van der Waals surface area contributed by atoms with Crippen molar-refractivity contribution in [3.05, 3.63) is 94.7 Å². The molecule has 5 aromatic rings. The third kappa shape index (κ3) is 11.3. The molecule has 2 heterocycles. The van der Waals surface area contributed by atoms with Crippen LogP contribution >= 0.6 is 0 Å². The summed E-state index contributed by atoms with van der Waals surface area (Å²) >= 11 is 0. The maximum atomic E-state index is 12.3. The summed E-state index contributed by atoms with van der Waals surface area (Å²) in [6, 6.07) is 16.3. The molecule has 0 fully saturated rings. The fourth-order valence-corrected chi connectivity index (χ4v) is 5.52. The number of H-pyrrole nitrogens is 3. The minimum atomic E-state index is -5.07. The summed E-state index contributed by atoms with van der Waals surface area (Å²) in [6.45, 7) is 0. The van der Waals surface area contributed by atoms with E-state index in [2.05, 4.69) is 44.9 Å². The molecule has 0 saturated carbocycles. The summed E-state index contributed by atoms with van der Waals surface area (Å²) in [7, 11) is -6.10. The first-order valence-electron chi connectivity index (χ1n) is 13.7. The van der Waals surface area contributed by atoms with Crippen LogP contribution in [0, 0.1) is 0 Å². The van der Waals surface area contributed by atoms with Gasteiger partial charge >= 0.3 is 71.1 Å². The molecule has 3 aromatic carbocycles. The Morgan fingerprint density at radius 1 is 0.608 bits per heavy atom. The average Bonchev–Trinajstić information content (AvgIpc) is 3.07. The number of aromatic nitrogens is 6. The summed E-state index contributed by atoms with van der Waals surface area (Å²) < 4.78 is 88.7. The van der Waals surface area contributed by atoms with Gasteiger partial charge in [0.05, 0.1) is 48.2 Å². The second kappa shape index (κ2) is 18.0. The van der Waals surface area contributed by atoms with E-state index >= 15 is 0 Å². The Balaban J connectivity index is 0.00000351. The molecule has 0 spiro atoms. The van der Waals surface area contributed by atoms with Crippen LogP contribution < -0.4 is 90.2 Å². The summed E-state index contributed by atoms with van der Waals surface area (Å²) in [6.07, 6.45) is 2.34. The van der Waals surface area contributed by atoms with Crippen LogP contribution in [-0.4, -0.2) is 77.2 Å². The second-order valence-electron chi connectivity index (χ2n) is 9.57. The molecular formula is C29H25N9Na2O9S2. The molecule has 3 N–H and O–H groups in total. The van der Waals surface area contributed by atoms with Gasteiger partial charge in [-0.3, -0.25) is 15.0 Å². The molecule has 254 valence electrons. The van der Waals surface area contributed by atoms with Crippen molar-refractivity contribution in [2.45, 2.75) is 9.79 Å². The van der Waals surface area contributed by atoms with E-state index in [-0.39, 0.29) is 117 Å². The molecular weight excluding hydrogens is 728 g/mol. The second-order valence-corrected chi connectivity index (χ2v) is 12.3. The molecule has 22 heteroatoms. The van der Waals surface area contributed by atoms with E-state index in [0.29, 0.717) is 5.69 Å². The fourth-order valence-electron chi connectivity index (χ4n) is 4.14. The molecule has 0 aliphatic rings. The van der Waals surface area contributed by atoms with Crippen molar-refractivity contribution < 1.29 is 99.3 Å². The normalized spacial score (nSPS) is 12.2. The molecule has 0 bridgehead atoms. The minimum absolute atomic E-state index is 0. The number of methoxy groups -OCH3 is 3. The van der Waals surface area contributed by atoms with Gasteiger partial charge in [-0.2, -0.15) is 15.0 Å². The number of hydrogen-bond donors (Lipinski definition) is 3. The minimum Gasteiger partial charge on any atom is -0.744 e. The van der Waals surface area contributed by atoms with E-state index in [1.54, 1.807) is 24.3 Å². The van der Waals surface area contributed by atoms with Gasteiger partial charge in [-0.1, -0.05) is 42.5 Å². The van der Waals surface area contributed by atoms with Crippen molar-refractivity contribution in [3.8, 4) is 18.0 Å². The van der Waals surface area contributed by atoms with E-state index in [9.17, 15) is 25.9 Å². The number of rotatable bonds is 10. The van der Waals surface area contributed by atoms with E-state index in [1.807, 2.05) is 6.07 Å². The number of nitrogens with one attached hydrogen (secondary N) is 3. The van der Waals surface area contributed by atoms with Crippen LogP contribution in [0.4, 0.5) is 17.1 Å². The summed E-state index contributed by atoms with van der Waals surface area (Å²) in [4.78, 5) is 31.9. The number of aromatic amines is 3. The third-order valence-corrected chi connectivity index (χ3v) is 8.08. The van der Waals surface area contributed by atoms with Crippen LogP contribution in [0.3, 0.4) is 0 Å². The molecule has 0 aliphatic heterocycles. The predicted molar refractivity (Wildman–Crippen MR) is 169 cm³/mol. The van der Waals surface area contributed by atoms with Crippen molar-refractivity contribution in [2.24, 2.45) is 15.0 Å². The van der Waals surface area contributed by atoms with Crippen LogP contribution in [0.2, 0.25) is 0 Å². The zero-order valence-corrected chi connectivity index (χ0v) is 33.3. The molecule has 0 aliphatic carbocycles. The van der Waals surface area contributed by atoms with Crippen molar-refractivity contribution in [3.63, 3.8) is 0 Å². The Kier molecular flexibility index (Phi) is 14.6. The Bertz CT molecular complexity index is 2460. The van der Waals surface area contributed by atoms with Crippen LogP contribution in [-0.2, 0) is 20.2 Å². The monoisotopic (exact) mass is 753 g/mol. The van der Waals surface area contributed by atoms with Gasteiger partial charge in [-0.25, -0.2) is 31.8 Å². The number of hydrogen-bond acceptors (Lipinski definition) is 15. The van der Waals surface area contributed by atoms with Crippen molar-refractivity contribution in [1.82, 2.24) is 29.9 Å². The quantitative estimate of drug-likeness (QED) is 0.0693. The average molecular weight is 754 g/mol. The maximum absolute atomic E-state index is 12.3. The zero-order chi connectivity index (χ0) is 35.2. The van der Waals surface area contributed by atoms with Gasteiger partial charge in [0, 0.05) is 0 Å². The predicted octanol–water partition coefficient (Wildman–Crippen LogP) is -4.43. The van der Waals surface area contributed by atoms with E-state index in [1.165, 1.54) is 57.7 Å². The van der Waals surface area contributed by atoms with Crippen LogP contribution in [0.5, 0.6) is 18.0 Å². The Morgan fingerprint density at radius 2 is 1.10 bits per heavy atom. The molecule has 0 unspecified atom stereocenters. The molecule has 51 heavy (non-hydrogen) atoms. The first-order chi connectivity index (χ1) is 23.3. The topological polar surface area (TPSA) is 265 Å². The van der Waals surface area contributed by atoms with Crippen molar-refractivity contribution in [1.29, 1.82) is 0 Å². The van der Waals surface area contributed by atoms with E-state index < -0.39 is 30.0 Å². The van der Waals surface area contributed by atoms with E-state index in [0.717, 1.165) is 12.1 Å². The number of benzene rings is 3. The summed E-state index contributed by atoms with van der Waals surface area (Å²) in [5.74, 6) is 0. The molecule has 5 rings (SSSR count). The smallest absolute Gasteiger partial charge is 0.744 e. The van der Waals surface area contributed by atoms with Crippen LogP contribution in [0.1, 0.15) is 11.1 Å². The Labute approximate surface area is 334 Å². The van der Waals surface area contributed by atoms with Gasteiger partial charge in [0.2, 0.25) is 11.2 Å². The molecule has 0 atom stereocenters. The number of para-hydroxylation sites is 1. The Hall–Kier alpha value is -3.96. The van der Waals surface area contributed by atoms with E-state index in [4.69, 9.17) is 14.2 Å². The summed E-state index contributed by atoms with van der Waals surface area (Å²) in [5, 5.41) is 0. The standard InChI is InChI=1S/C29H27N9O9S2.2Na/c1-45-27-34-24(30-19-7-5-4-6-8-19)33-25(35-27)31-20-13-11-17(22(15-20)48(39,40)41)9-10-18-12-14-21(16-23(18)49(42,43)44)32-26-36-28(46-2)38-29(37-26)47-3;;/h4-16H,1-3H3,(H,39,40,41)(H,42,43,44)(H,32,36,37,38)(H2,30,31,33,34,35);;/q;2*+1/p-2/b10-9+;;. The van der Waals surface area contributed by atoms with Crippen LogP contribution in [0.15, 0.2) is 91.5 Å². The largest absolute Gasteiger partial charge is 1.00 e. The maximum Gasteiger partial charge on any atom is 1.00 e.